The van der Waals surface area contributed by atoms with Crippen LogP contribution in [0.15, 0.2) is 24.8 Å². The molecule has 1 N–H and O–H groups in total. The van der Waals surface area contributed by atoms with Crippen molar-refractivity contribution in [2.75, 3.05) is 13.1 Å². The van der Waals surface area contributed by atoms with Crippen LogP contribution in [-0.4, -0.2) is 28.9 Å². The number of halogens is 3. The van der Waals surface area contributed by atoms with E-state index in [0.29, 0.717) is 40.2 Å². The number of hydrogen-bond donors (Lipinski definition) is 1. The first-order chi connectivity index (χ1) is 10.9. The lowest BCUT2D eigenvalue weighted by Crippen LogP contribution is -2.34. The van der Waals surface area contributed by atoms with Crippen LogP contribution >= 0.6 is 11.6 Å². The number of H-pyrrole nitrogens is 1. The Morgan fingerprint density at radius 1 is 1.48 bits per heavy atom. The molecule has 3 nitrogen and oxygen atoms in total. The van der Waals surface area contributed by atoms with E-state index < -0.39 is 11.6 Å². The molecule has 0 aliphatic carbocycles. The van der Waals surface area contributed by atoms with Gasteiger partial charge in [-0.3, -0.25) is 4.79 Å². The van der Waals surface area contributed by atoms with Crippen LogP contribution in [0.1, 0.15) is 17.7 Å². The number of hydrogen-bond acceptors (Lipinski definition) is 1. The van der Waals surface area contributed by atoms with Gasteiger partial charge in [-0.05, 0) is 25.0 Å². The van der Waals surface area contributed by atoms with E-state index in [0.717, 1.165) is 6.07 Å². The number of carbonyl (C=O) groups is 1. The second-order valence-electron chi connectivity index (χ2n) is 5.52. The van der Waals surface area contributed by atoms with Crippen LogP contribution in [0, 0.1) is 18.6 Å². The van der Waals surface area contributed by atoms with Gasteiger partial charge in [0.2, 0.25) is 5.91 Å². The molecule has 6 heteroatoms. The van der Waals surface area contributed by atoms with E-state index in [9.17, 15) is 13.6 Å². The number of rotatable bonds is 2. The van der Waals surface area contributed by atoms with Crippen molar-refractivity contribution >= 4 is 34.0 Å². The van der Waals surface area contributed by atoms with Crippen molar-refractivity contribution in [1.82, 2.24) is 9.88 Å². The lowest BCUT2D eigenvalue weighted by molar-refractivity contribution is -0.125. The quantitative estimate of drug-likeness (QED) is 0.819. The molecule has 1 aromatic heterocycles. The van der Waals surface area contributed by atoms with Crippen molar-refractivity contribution in [2.24, 2.45) is 0 Å². The smallest absolute Gasteiger partial charge is 0.246 e. The molecule has 1 aliphatic rings. The molecule has 0 fully saturated rings. The number of carbonyl (C=O) groups excluding carboxylic acids is 1. The summed E-state index contributed by atoms with van der Waals surface area (Å²) in [6, 6.07) is 1.10. The van der Waals surface area contributed by atoms with Crippen LogP contribution in [0.5, 0.6) is 0 Å². The van der Waals surface area contributed by atoms with Crippen molar-refractivity contribution < 1.29 is 13.6 Å². The Bertz CT molecular complexity index is 854. The molecule has 1 amide bonds. The third-order valence-electron chi connectivity index (χ3n) is 4.05. The maximum atomic E-state index is 14.5. The van der Waals surface area contributed by atoms with Crippen LogP contribution < -0.4 is 0 Å². The molecule has 0 unspecified atom stereocenters. The monoisotopic (exact) mass is 336 g/mol. The summed E-state index contributed by atoms with van der Waals surface area (Å²) >= 11 is 6.27. The fourth-order valence-electron chi connectivity index (χ4n) is 2.94. The number of amides is 1. The van der Waals surface area contributed by atoms with E-state index in [1.54, 1.807) is 11.8 Å². The van der Waals surface area contributed by atoms with Gasteiger partial charge in [0.25, 0.3) is 0 Å². The Kier molecular flexibility index (Phi) is 3.98. The summed E-state index contributed by atoms with van der Waals surface area (Å²) in [6.45, 7) is 5.92. The SMILES string of the molecule is C=CC(=O)N1CCC=C(c2c(F)c(F)cc3[nH]c(C)c(Cl)c23)C1. The highest BCUT2D eigenvalue weighted by Gasteiger charge is 2.25. The first-order valence-corrected chi connectivity index (χ1v) is 7.58. The second-order valence-corrected chi connectivity index (χ2v) is 5.89. The van der Waals surface area contributed by atoms with Crippen LogP contribution in [0.3, 0.4) is 0 Å². The summed E-state index contributed by atoms with van der Waals surface area (Å²) in [6.07, 6.45) is 3.60. The van der Waals surface area contributed by atoms with Gasteiger partial charge in [0.05, 0.1) is 10.5 Å². The predicted molar refractivity (Wildman–Crippen MR) is 87.3 cm³/mol. The minimum absolute atomic E-state index is 0.121. The van der Waals surface area contributed by atoms with Crippen molar-refractivity contribution in [3.05, 3.63) is 52.7 Å². The maximum Gasteiger partial charge on any atom is 0.246 e. The van der Waals surface area contributed by atoms with Gasteiger partial charge in [0.15, 0.2) is 11.6 Å². The van der Waals surface area contributed by atoms with E-state index in [2.05, 4.69) is 11.6 Å². The molecular weight excluding hydrogens is 322 g/mol. The summed E-state index contributed by atoms with van der Waals surface area (Å²) < 4.78 is 28.5. The van der Waals surface area contributed by atoms with E-state index in [-0.39, 0.29) is 18.0 Å². The standard InChI is InChI=1S/C17H15ClF2N2O/c1-3-13(23)22-6-4-5-10(8-22)14-15-12(7-11(19)17(14)20)21-9(2)16(15)18/h3,5,7,21H,1,4,6,8H2,2H3. The fourth-order valence-corrected chi connectivity index (χ4v) is 3.18. The first kappa shape index (κ1) is 15.7. The Hall–Kier alpha value is -2.14. The van der Waals surface area contributed by atoms with Gasteiger partial charge in [-0.25, -0.2) is 8.78 Å². The van der Waals surface area contributed by atoms with Gasteiger partial charge in [-0.1, -0.05) is 24.3 Å². The highest BCUT2D eigenvalue weighted by Crippen LogP contribution is 2.37. The van der Waals surface area contributed by atoms with E-state index in [1.165, 1.54) is 6.08 Å². The van der Waals surface area contributed by atoms with Crippen LogP contribution in [0.4, 0.5) is 8.78 Å². The third-order valence-corrected chi connectivity index (χ3v) is 4.52. The van der Waals surface area contributed by atoms with Crippen LogP contribution in [-0.2, 0) is 4.79 Å². The molecule has 2 heterocycles. The zero-order valence-corrected chi connectivity index (χ0v) is 13.3. The lowest BCUT2D eigenvalue weighted by atomic mass is 9.96. The molecule has 0 bridgehead atoms. The van der Waals surface area contributed by atoms with Crippen LogP contribution in [0.2, 0.25) is 5.02 Å². The van der Waals surface area contributed by atoms with Gasteiger partial charge < -0.3 is 9.88 Å². The molecule has 0 radical (unpaired) electrons. The number of aromatic nitrogens is 1. The number of nitrogens with zero attached hydrogens (tertiary/aromatic N) is 1. The first-order valence-electron chi connectivity index (χ1n) is 7.20. The Balaban J connectivity index is 2.19. The number of fused-ring (bicyclic) bond motifs is 1. The number of aromatic amines is 1. The largest absolute Gasteiger partial charge is 0.357 e. The third kappa shape index (κ3) is 2.55. The number of benzene rings is 1. The minimum Gasteiger partial charge on any atom is -0.357 e. The molecule has 120 valence electrons. The van der Waals surface area contributed by atoms with Gasteiger partial charge >= 0.3 is 0 Å². The Labute approximate surface area is 137 Å². The molecule has 1 aliphatic heterocycles. The Morgan fingerprint density at radius 2 is 2.22 bits per heavy atom. The van der Waals surface area contributed by atoms with Crippen molar-refractivity contribution in [2.45, 2.75) is 13.3 Å². The molecule has 3 rings (SSSR count). The van der Waals surface area contributed by atoms with Gasteiger partial charge in [0.1, 0.15) is 0 Å². The van der Waals surface area contributed by atoms with Gasteiger partial charge in [-0.2, -0.15) is 0 Å². The molecular formula is C17H15ClF2N2O. The van der Waals surface area contributed by atoms with E-state index in [4.69, 9.17) is 11.6 Å². The molecule has 1 aromatic carbocycles. The molecule has 2 aromatic rings. The summed E-state index contributed by atoms with van der Waals surface area (Å²) in [5, 5.41) is 0.809. The molecule has 23 heavy (non-hydrogen) atoms. The number of nitrogens with one attached hydrogen (secondary N) is 1. The Morgan fingerprint density at radius 3 is 2.91 bits per heavy atom. The van der Waals surface area contributed by atoms with Crippen molar-refractivity contribution in [3.63, 3.8) is 0 Å². The molecule has 0 atom stereocenters. The van der Waals surface area contributed by atoms with Crippen LogP contribution in [0.25, 0.3) is 16.5 Å². The maximum absolute atomic E-state index is 14.5. The highest BCUT2D eigenvalue weighted by atomic mass is 35.5. The lowest BCUT2D eigenvalue weighted by Gasteiger charge is -2.27. The minimum atomic E-state index is -0.947. The van der Waals surface area contributed by atoms with Gasteiger partial charge in [0, 0.05) is 35.8 Å². The highest BCUT2D eigenvalue weighted by molar-refractivity contribution is 6.37. The van der Waals surface area contributed by atoms with Gasteiger partial charge in [-0.15, -0.1) is 0 Å². The van der Waals surface area contributed by atoms with Crippen molar-refractivity contribution in [1.29, 1.82) is 0 Å². The van der Waals surface area contributed by atoms with Crippen molar-refractivity contribution in [3.8, 4) is 0 Å². The summed E-state index contributed by atoms with van der Waals surface area (Å²) in [5.74, 6) is -2.13. The molecule has 0 saturated heterocycles. The topological polar surface area (TPSA) is 36.1 Å². The predicted octanol–water partition coefficient (Wildman–Crippen LogP) is 4.21. The zero-order valence-electron chi connectivity index (χ0n) is 12.5. The normalized spacial score (nSPS) is 15.0. The van der Waals surface area contributed by atoms with E-state index in [1.807, 2.05) is 6.08 Å². The zero-order chi connectivity index (χ0) is 16.7. The summed E-state index contributed by atoms with van der Waals surface area (Å²) in [4.78, 5) is 16.3. The summed E-state index contributed by atoms with van der Waals surface area (Å²) in [7, 11) is 0. The fraction of sp³-hybridized carbons (Fsp3) is 0.235. The van der Waals surface area contributed by atoms with E-state index >= 15 is 0 Å². The number of aryl methyl sites for hydroxylation is 1. The molecule has 0 spiro atoms. The molecule has 0 saturated carbocycles. The second kappa shape index (κ2) is 5.81. The average Bonchev–Trinajstić information content (AvgIpc) is 2.82. The summed E-state index contributed by atoms with van der Waals surface area (Å²) in [5.41, 5.74) is 1.75. The average molecular weight is 337 g/mol.